The fourth-order valence-electron chi connectivity index (χ4n) is 5.81. The van der Waals surface area contributed by atoms with Gasteiger partial charge in [-0.3, -0.25) is 4.79 Å². The van der Waals surface area contributed by atoms with Crippen LogP contribution in [0.2, 0.25) is 0 Å². The minimum absolute atomic E-state index is 0.106. The highest BCUT2D eigenvalue weighted by Crippen LogP contribution is 2.36. The van der Waals surface area contributed by atoms with Gasteiger partial charge in [0.05, 0.1) is 28.6 Å². The fourth-order valence-corrected chi connectivity index (χ4v) is 6.50. The van der Waals surface area contributed by atoms with Crippen LogP contribution in [0.3, 0.4) is 0 Å². The Kier molecular flexibility index (Phi) is 10.2. The van der Waals surface area contributed by atoms with Crippen LogP contribution in [-0.2, 0) is 0 Å². The van der Waals surface area contributed by atoms with Crippen LogP contribution in [-0.4, -0.2) is 57.5 Å². The lowest BCUT2D eigenvalue weighted by Gasteiger charge is -2.39. The number of benzene rings is 2. The lowest BCUT2D eigenvalue weighted by molar-refractivity contribution is 0.0696. The molecule has 0 aliphatic carbocycles. The SMILES string of the molecule is Cc1ncnc(C)c1C(=O)NCC[C@@H](C)N1CCC(C(Nc2ccc(Oc3ccc(C(=O)O)cc3)cc2)c2ccsc2)CC1. The smallest absolute Gasteiger partial charge is 0.335 e. The number of carbonyl (C=O) groups is 2. The van der Waals surface area contributed by atoms with E-state index in [2.05, 4.69) is 49.3 Å². The number of carboxylic acids is 1. The van der Waals surface area contributed by atoms with Crippen molar-refractivity contribution in [3.8, 4) is 11.5 Å². The van der Waals surface area contributed by atoms with Crippen LogP contribution in [0, 0.1) is 19.8 Å². The van der Waals surface area contributed by atoms with Crippen molar-refractivity contribution in [1.82, 2.24) is 20.2 Å². The van der Waals surface area contributed by atoms with Gasteiger partial charge in [0, 0.05) is 18.3 Å². The number of hydrogen-bond donors (Lipinski definition) is 3. The molecule has 5 rings (SSSR count). The molecule has 9 nitrogen and oxygen atoms in total. The normalized spacial score (nSPS) is 15.3. The number of amides is 1. The molecule has 3 N–H and O–H groups in total. The van der Waals surface area contributed by atoms with Gasteiger partial charge < -0.3 is 25.4 Å². The van der Waals surface area contributed by atoms with Gasteiger partial charge in [-0.05, 0) is 130 Å². The number of rotatable bonds is 12. The van der Waals surface area contributed by atoms with E-state index in [1.54, 1.807) is 23.5 Å². The number of aromatic carboxylic acids is 1. The van der Waals surface area contributed by atoms with Crippen molar-refractivity contribution in [2.24, 2.45) is 5.92 Å². The molecule has 1 saturated heterocycles. The molecule has 1 unspecified atom stereocenters. The second kappa shape index (κ2) is 14.5. The Balaban J connectivity index is 1.13. The highest BCUT2D eigenvalue weighted by Gasteiger charge is 2.30. The molecule has 2 aromatic heterocycles. The highest BCUT2D eigenvalue weighted by atomic mass is 32.1. The number of aromatic nitrogens is 2. The number of likely N-dealkylation sites (tertiary alicyclic amines) is 1. The van der Waals surface area contributed by atoms with E-state index in [9.17, 15) is 9.59 Å². The molecule has 3 heterocycles. The van der Waals surface area contributed by atoms with E-state index < -0.39 is 5.97 Å². The maximum Gasteiger partial charge on any atom is 0.335 e. The summed E-state index contributed by atoms with van der Waals surface area (Å²) in [5.74, 6) is 0.696. The molecule has 10 heteroatoms. The number of nitrogens with zero attached hydrogens (tertiary/aromatic N) is 3. The van der Waals surface area contributed by atoms with E-state index in [0.29, 0.717) is 47.0 Å². The molecule has 1 aliphatic rings. The van der Waals surface area contributed by atoms with Gasteiger partial charge in [0.15, 0.2) is 0 Å². The third-order valence-electron chi connectivity index (χ3n) is 8.39. The zero-order chi connectivity index (χ0) is 31.1. The number of carboxylic acid groups (broad SMARTS) is 1. The maximum absolute atomic E-state index is 12.7. The second-order valence-electron chi connectivity index (χ2n) is 11.3. The first-order valence-electron chi connectivity index (χ1n) is 15.0. The van der Waals surface area contributed by atoms with Crippen LogP contribution >= 0.6 is 11.3 Å². The van der Waals surface area contributed by atoms with Gasteiger partial charge in [-0.1, -0.05) is 0 Å². The predicted octanol–water partition coefficient (Wildman–Crippen LogP) is 6.72. The summed E-state index contributed by atoms with van der Waals surface area (Å²) in [4.78, 5) is 34.7. The summed E-state index contributed by atoms with van der Waals surface area (Å²) in [6.45, 7) is 8.56. The van der Waals surface area contributed by atoms with E-state index in [4.69, 9.17) is 9.84 Å². The molecule has 0 bridgehead atoms. The third kappa shape index (κ3) is 7.81. The second-order valence-corrected chi connectivity index (χ2v) is 12.1. The van der Waals surface area contributed by atoms with Crippen LogP contribution in [0.1, 0.15) is 69.9 Å². The molecule has 2 atom stereocenters. The first-order valence-corrected chi connectivity index (χ1v) is 15.9. The van der Waals surface area contributed by atoms with Gasteiger partial charge in [0.1, 0.15) is 17.8 Å². The number of ether oxygens (including phenoxy) is 1. The van der Waals surface area contributed by atoms with Crippen molar-refractivity contribution in [2.75, 3.05) is 25.0 Å². The molecule has 230 valence electrons. The summed E-state index contributed by atoms with van der Waals surface area (Å²) < 4.78 is 5.92. The monoisotopic (exact) mass is 613 g/mol. The zero-order valence-corrected chi connectivity index (χ0v) is 26.1. The first-order chi connectivity index (χ1) is 21.3. The maximum atomic E-state index is 12.7. The fraction of sp³-hybridized carbons (Fsp3) is 0.353. The van der Waals surface area contributed by atoms with Crippen LogP contribution in [0.25, 0.3) is 0 Å². The first kappa shape index (κ1) is 31.2. The lowest BCUT2D eigenvalue weighted by Crippen LogP contribution is -2.43. The summed E-state index contributed by atoms with van der Waals surface area (Å²) in [6.07, 6.45) is 4.53. The van der Waals surface area contributed by atoms with Gasteiger partial charge in [0.25, 0.3) is 5.91 Å². The van der Waals surface area contributed by atoms with Gasteiger partial charge in [0.2, 0.25) is 0 Å². The van der Waals surface area contributed by atoms with E-state index in [0.717, 1.165) is 38.0 Å². The Bertz CT molecular complexity index is 1510. The van der Waals surface area contributed by atoms with Crippen molar-refractivity contribution in [2.45, 2.75) is 52.1 Å². The topological polar surface area (TPSA) is 117 Å². The van der Waals surface area contributed by atoms with E-state index in [-0.39, 0.29) is 17.5 Å². The van der Waals surface area contributed by atoms with Gasteiger partial charge >= 0.3 is 5.97 Å². The Morgan fingerprint density at radius 1 is 1.00 bits per heavy atom. The summed E-state index contributed by atoms with van der Waals surface area (Å²) in [6, 6.07) is 17.1. The number of aryl methyl sites for hydroxylation is 2. The number of anilines is 1. The Morgan fingerprint density at radius 2 is 1.64 bits per heavy atom. The minimum atomic E-state index is -0.960. The minimum Gasteiger partial charge on any atom is -0.478 e. The molecular formula is C34H39N5O4S. The molecule has 4 aromatic rings. The number of carbonyl (C=O) groups excluding carboxylic acids is 1. The molecule has 44 heavy (non-hydrogen) atoms. The summed E-state index contributed by atoms with van der Waals surface area (Å²) in [7, 11) is 0. The largest absolute Gasteiger partial charge is 0.478 e. The Labute approximate surface area is 262 Å². The van der Waals surface area contributed by atoms with Crippen LogP contribution in [0.15, 0.2) is 71.7 Å². The van der Waals surface area contributed by atoms with E-state index >= 15 is 0 Å². The molecule has 1 amide bonds. The molecule has 0 radical (unpaired) electrons. The molecule has 1 fully saturated rings. The molecular weight excluding hydrogens is 574 g/mol. The highest BCUT2D eigenvalue weighted by molar-refractivity contribution is 7.08. The van der Waals surface area contributed by atoms with Crippen molar-refractivity contribution in [1.29, 1.82) is 0 Å². The van der Waals surface area contributed by atoms with Gasteiger partial charge in [-0.2, -0.15) is 11.3 Å². The van der Waals surface area contributed by atoms with Crippen molar-refractivity contribution in [3.63, 3.8) is 0 Å². The summed E-state index contributed by atoms with van der Waals surface area (Å²) in [5.41, 5.74) is 4.53. The van der Waals surface area contributed by atoms with Crippen molar-refractivity contribution >= 4 is 28.9 Å². The van der Waals surface area contributed by atoms with Gasteiger partial charge in [-0.15, -0.1) is 0 Å². The van der Waals surface area contributed by atoms with Crippen LogP contribution < -0.4 is 15.4 Å². The van der Waals surface area contributed by atoms with Gasteiger partial charge in [-0.25, -0.2) is 14.8 Å². The number of hydrogen-bond acceptors (Lipinski definition) is 8. The van der Waals surface area contributed by atoms with Crippen LogP contribution in [0.5, 0.6) is 11.5 Å². The van der Waals surface area contributed by atoms with Crippen molar-refractivity contribution < 1.29 is 19.4 Å². The molecule has 1 aliphatic heterocycles. The predicted molar refractivity (Wildman–Crippen MR) is 173 cm³/mol. The standard InChI is InChI=1S/C34H39N5O4S/c1-22(12-16-35-33(40)31-23(2)36-21-37-24(31)3)39-17-13-25(14-18-39)32(27-15-19-44-20-27)38-28-6-10-30(11-7-28)43-29-8-4-26(5-9-29)34(41)42/h4-11,15,19-22,25,32,38H,12-14,16-18H2,1-3H3,(H,35,40)(H,41,42)/t22-,32?/m1/s1. The molecule has 2 aromatic carbocycles. The van der Waals surface area contributed by atoms with Crippen molar-refractivity contribution in [3.05, 3.63) is 99.8 Å². The van der Waals surface area contributed by atoms with E-state index in [1.165, 1.54) is 24.0 Å². The number of thiophene rings is 1. The average Bonchev–Trinajstić information content (AvgIpc) is 3.56. The number of piperidine rings is 1. The summed E-state index contributed by atoms with van der Waals surface area (Å²) in [5, 5.41) is 20.3. The summed E-state index contributed by atoms with van der Waals surface area (Å²) >= 11 is 1.72. The molecule has 0 saturated carbocycles. The Hall–Kier alpha value is -4.28. The number of nitrogens with one attached hydrogen (secondary N) is 2. The average molecular weight is 614 g/mol. The molecule has 0 spiro atoms. The lowest BCUT2D eigenvalue weighted by atomic mass is 9.85. The Morgan fingerprint density at radius 3 is 2.23 bits per heavy atom. The van der Waals surface area contributed by atoms with E-state index in [1.807, 2.05) is 38.1 Å². The quantitative estimate of drug-likeness (QED) is 0.161. The van der Waals surface area contributed by atoms with Crippen LogP contribution in [0.4, 0.5) is 5.69 Å². The third-order valence-corrected chi connectivity index (χ3v) is 9.09. The zero-order valence-electron chi connectivity index (χ0n) is 25.3.